The Morgan fingerprint density at radius 3 is 1.31 bits per heavy atom. The van der Waals surface area contributed by atoms with Crippen molar-refractivity contribution in [3.63, 3.8) is 0 Å². The van der Waals surface area contributed by atoms with E-state index < -0.39 is 9.84 Å². The molecule has 0 saturated carbocycles. The molecule has 4 aliphatic heterocycles. The molecular formula is C81H57Cl3N9O6Pt3S2-6. The molecule has 9 aromatic carbocycles. The number of fused-ring (bicyclic) bond motifs is 9. The van der Waals surface area contributed by atoms with Crippen molar-refractivity contribution in [2.24, 2.45) is 0 Å². The summed E-state index contributed by atoms with van der Waals surface area (Å²) in [5.74, 6) is 3.41. The summed E-state index contributed by atoms with van der Waals surface area (Å²) in [6.07, 6.45) is 11.3. The SMILES string of the molecule is CN1[CH-]N(c2[c-]c(Oc3ccccn3)ccc2)C=C1c1ccc2c(c1)-c1ccccc1S2(=O)=O.CN1[CH-]N(c2[c-]c(Oc3ccccn3)ccc2)C=C1c1ccc2oc3ccccc3c2c1.CN1[CH-]N(c2[c-]c(Oc3ccccn3)ccc2)C=C1c1ccc2sc3ccccc3c2c1.[Cl][Pt].[Cl][Pt].[Cl][Pt]. The molecule has 5 aromatic heterocycles. The molecule has 0 radical (unpaired) electrons. The Balaban J connectivity index is 0.000000134. The van der Waals surface area contributed by atoms with E-state index in [9.17, 15) is 8.42 Å². The van der Waals surface area contributed by atoms with Crippen LogP contribution in [0, 0.1) is 38.2 Å². The van der Waals surface area contributed by atoms with Gasteiger partial charge in [0, 0.05) is 113 Å². The zero-order valence-corrected chi connectivity index (χ0v) is 65.8. The maximum atomic E-state index is 12.9. The Kier molecular flexibility index (Phi) is 23.7. The number of furan rings is 1. The van der Waals surface area contributed by atoms with E-state index in [-0.39, 0.29) is 0 Å². The number of rotatable bonds is 12. The summed E-state index contributed by atoms with van der Waals surface area (Å²) in [6, 6.07) is 86.4. The number of aromatic nitrogens is 3. The van der Waals surface area contributed by atoms with E-state index >= 15 is 0 Å². The molecule has 15 nitrogen and oxygen atoms in total. The quantitative estimate of drug-likeness (QED) is 0.107. The monoisotopic (exact) mass is 2010 g/mol. The van der Waals surface area contributed by atoms with Crippen molar-refractivity contribution in [1.29, 1.82) is 0 Å². The van der Waals surface area contributed by atoms with Gasteiger partial charge in [-0.2, -0.15) is 38.2 Å². The Morgan fingerprint density at radius 1 is 0.394 bits per heavy atom. The van der Waals surface area contributed by atoms with Crippen molar-refractivity contribution < 1.29 is 83.4 Å². The first-order valence-electron chi connectivity index (χ1n) is 31.8. The molecule has 18 rings (SSSR count). The average molecular weight is 2010 g/mol. The van der Waals surface area contributed by atoms with E-state index in [1.54, 1.807) is 99.2 Å². The molecule has 0 atom stereocenters. The number of nitrogens with zero attached hydrogens (tertiary/aromatic N) is 9. The van der Waals surface area contributed by atoms with E-state index in [0.717, 1.165) is 78.3 Å². The van der Waals surface area contributed by atoms with E-state index in [4.69, 9.17) is 18.6 Å². The summed E-state index contributed by atoms with van der Waals surface area (Å²) in [4.78, 5) is 25.6. The van der Waals surface area contributed by atoms with Crippen LogP contribution in [-0.2, 0) is 66.2 Å². The fourth-order valence-corrected chi connectivity index (χ4v) is 14.9. The first-order chi connectivity index (χ1) is 51.0. The van der Waals surface area contributed by atoms with Gasteiger partial charge >= 0.3 is 84.6 Å². The molecule has 0 aliphatic carbocycles. The summed E-state index contributed by atoms with van der Waals surface area (Å²) in [5, 5.41) is 4.85. The number of sulfone groups is 1. The normalized spacial score (nSPS) is 13.8. The van der Waals surface area contributed by atoms with Crippen molar-refractivity contribution in [1.82, 2.24) is 29.7 Å². The third-order valence-electron chi connectivity index (χ3n) is 16.8. The molecule has 0 saturated heterocycles. The summed E-state index contributed by atoms with van der Waals surface area (Å²) in [5.41, 5.74) is 12.3. The fourth-order valence-electron chi connectivity index (χ4n) is 12.2. The number of halogens is 3. The van der Waals surface area contributed by atoms with Gasteiger partial charge in [-0.15, -0.1) is 83.0 Å². The van der Waals surface area contributed by atoms with Crippen LogP contribution in [0.15, 0.2) is 288 Å². The number of para-hydroxylation sites is 1. The zero-order chi connectivity index (χ0) is 72.3. The number of benzene rings is 9. The van der Waals surface area contributed by atoms with Crippen LogP contribution in [0.1, 0.15) is 16.7 Å². The Bertz CT molecular complexity index is 5370. The molecule has 0 unspecified atom stereocenters. The topological polar surface area (TPSA) is 133 Å². The van der Waals surface area contributed by atoms with Crippen molar-refractivity contribution in [2.75, 3.05) is 35.8 Å². The van der Waals surface area contributed by atoms with Crippen LogP contribution in [0.3, 0.4) is 0 Å². The number of pyridine rings is 3. The number of hydrogen-bond donors (Lipinski definition) is 0. The molecule has 0 N–H and O–H groups in total. The summed E-state index contributed by atoms with van der Waals surface area (Å²) in [6.45, 7) is 6.04. The number of hydrogen-bond acceptors (Lipinski definition) is 16. The summed E-state index contributed by atoms with van der Waals surface area (Å²) < 4.78 is 52.0. The second-order valence-corrected chi connectivity index (χ2v) is 26.3. The van der Waals surface area contributed by atoms with Gasteiger partial charge in [0.2, 0.25) is 27.5 Å². The molecule has 14 aromatic rings. The predicted molar refractivity (Wildman–Crippen MR) is 404 cm³/mol. The number of anilines is 3. The van der Waals surface area contributed by atoms with Gasteiger partial charge in [-0.3, -0.25) is 0 Å². The van der Waals surface area contributed by atoms with Crippen molar-refractivity contribution in [2.45, 2.75) is 9.79 Å². The van der Waals surface area contributed by atoms with E-state index in [1.165, 1.54) is 25.7 Å². The molecular weight excluding hydrogens is 1950 g/mol. The predicted octanol–water partition coefficient (Wildman–Crippen LogP) is 20.8. The third-order valence-corrected chi connectivity index (χ3v) is 19.9. The minimum absolute atomic E-state index is 0.354. The second kappa shape index (κ2) is 33.7. The van der Waals surface area contributed by atoms with E-state index in [1.807, 2.05) is 211 Å². The van der Waals surface area contributed by atoms with Crippen LogP contribution in [0.2, 0.25) is 0 Å². The van der Waals surface area contributed by atoms with Crippen molar-refractivity contribution in [3.8, 4) is 46.0 Å². The Labute approximate surface area is 652 Å². The minimum atomic E-state index is -3.48. The van der Waals surface area contributed by atoms with Crippen molar-refractivity contribution in [3.05, 3.63) is 329 Å². The summed E-state index contributed by atoms with van der Waals surface area (Å²) >= 11 is 6.67. The van der Waals surface area contributed by atoms with Crippen LogP contribution >= 0.6 is 39.6 Å². The first-order valence-corrected chi connectivity index (χ1v) is 42.5. The van der Waals surface area contributed by atoms with Gasteiger partial charge in [-0.05, 0) is 135 Å². The first kappa shape index (κ1) is 73.1. The Hall–Kier alpha value is -9.25. The van der Waals surface area contributed by atoms with Crippen LogP contribution in [0.5, 0.6) is 34.9 Å². The van der Waals surface area contributed by atoms with Gasteiger partial charge in [0.25, 0.3) is 0 Å². The number of thiophene rings is 1. The van der Waals surface area contributed by atoms with Gasteiger partial charge < -0.3 is 48.0 Å². The van der Waals surface area contributed by atoms with E-state index in [0.29, 0.717) is 44.7 Å². The van der Waals surface area contributed by atoms with Crippen LogP contribution in [0.4, 0.5) is 17.1 Å². The second-order valence-electron chi connectivity index (χ2n) is 23.3. The third kappa shape index (κ3) is 16.0. The Morgan fingerprint density at radius 2 is 0.798 bits per heavy atom. The molecule has 104 heavy (non-hydrogen) atoms. The van der Waals surface area contributed by atoms with Gasteiger partial charge in [0.15, 0.2) is 0 Å². The van der Waals surface area contributed by atoms with Gasteiger partial charge in [-0.25, -0.2) is 23.4 Å². The molecule has 0 spiro atoms. The molecule has 0 bridgehead atoms. The van der Waals surface area contributed by atoms with Crippen molar-refractivity contribution >= 4 is 126 Å². The summed E-state index contributed by atoms with van der Waals surface area (Å²) in [7, 11) is 16.4. The molecule has 9 heterocycles. The number of ether oxygens (including phenoxy) is 3. The molecule has 0 fully saturated rings. The van der Waals surface area contributed by atoms with Crippen LogP contribution in [-0.4, -0.2) is 59.2 Å². The average Bonchev–Trinajstić information content (AvgIpc) is 1.59. The standard InChI is InChI=1S/C27H19N3O3S.C27H19N3O2.C27H19N3OS.3ClH.3Pt/c1-29-18-30(20-7-6-8-21(16-20)33-27-11-4-5-14-28-27)17-24(29)19-12-13-26-23(15-19)22-9-2-3-10-25(22)34(26,31)32;2*1-29-18-30(20-7-6-8-21(16-20)31-27-11-4-5-14-28-27)17-24(29)19-12-13-26-23(15-19)22-9-2-3-10-25(22)32-26;;;;;;/h2-15,17-18H,1H3;2*2-15,17-18H,1H3;3*1H;;;/q3*-2;;;;3*+1/p-3. The molecule has 0 amide bonds. The van der Waals surface area contributed by atoms with E-state index in [2.05, 4.69) is 163 Å². The molecule has 23 heteroatoms. The van der Waals surface area contributed by atoms with Gasteiger partial charge in [0.05, 0.1) is 9.79 Å². The van der Waals surface area contributed by atoms with Crippen LogP contribution < -0.4 is 28.9 Å². The van der Waals surface area contributed by atoms with Gasteiger partial charge in [-0.1, -0.05) is 84.9 Å². The molecule has 4 aliphatic rings. The van der Waals surface area contributed by atoms with Crippen LogP contribution in [0.25, 0.3) is 70.3 Å². The fraction of sp³-hybridized carbons (Fsp3) is 0.0370. The molecule has 531 valence electrons. The zero-order valence-electron chi connectivity index (χ0n) is 55.1. The maximum absolute atomic E-state index is 12.9. The van der Waals surface area contributed by atoms with Gasteiger partial charge in [0.1, 0.15) is 11.2 Å².